The molecule has 0 aromatic carbocycles. The standard InChI is InChI=1S/C30H30N4O4.Cd/c1-15-9-20-12-25-17(3)21(5-7-29(35)36)27(33-25)14-28-22(6-8-30(37)38)18(4)26(34-28)13-24-16(2)10-19(32-24)11-23(15)31-20;/h9-14,31-32H,5-8H2,1-4H3,(H,35,36)(H,37,38);. The number of allylic oxidation sites excluding steroid dienone is 4. The third-order valence-corrected chi connectivity index (χ3v) is 7.25. The minimum absolute atomic E-state index is 0. The molecule has 4 N–H and O–H groups in total. The minimum Gasteiger partial charge on any atom is -0.481 e. The van der Waals surface area contributed by atoms with Crippen LogP contribution in [0, 0.1) is 13.8 Å². The van der Waals surface area contributed by atoms with Crippen molar-refractivity contribution in [3.63, 3.8) is 0 Å². The number of hydrogen-bond acceptors (Lipinski definition) is 4. The first-order valence-corrected chi connectivity index (χ1v) is 12.6. The van der Waals surface area contributed by atoms with Crippen molar-refractivity contribution < 1.29 is 47.1 Å². The van der Waals surface area contributed by atoms with Gasteiger partial charge in [-0.15, -0.1) is 0 Å². The number of carboxylic acid groups (broad SMARTS) is 2. The molecule has 3 aromatic heterocycles. The van der Waals surface area contributed by atoms with E-state index in [1.807, 2.05) is 39.0 Å². The zero-order chi connectivity index (χ0) is 27.1. The van der Waals surface area contributed by atoms with Gasteiger partial charge in [-0.2, -0.15) is 0 Å². The van der Waals surface area contributed by atoms with E-state index in [9.17, 15) is 19.8 Å². The second-order valence-electron chi connectivity index (χ2n) is 9.98. The number of aromatic amines is 2. The van der Waals surface area contributed by atoms with Crippen LogP contribution < -0.4 is 0 Å². The van der Waals surface area contributed by atoms with Gasteiger partial charge in [-0.25, -0.2) is 9.97 Å². The number of aryl methyl sites for hydroxylation is 2. The summed E-state index contributed by atoms with van der Waals surface area (Å²) in [6.45, 7) is 8.01. The van der Waals surface area contributed by atoms with Crippen LogP contribution >= 0.6 is 0 Å². The van der Waals surface area contributed by atoms with Gasteiger partial charge in [-0.05, 0) is 110 Å². The summed E-state index contributed by atoms with van der Waals surface area (Å²) >= 11 is 0. The molecule has 0 unspecified atom stereocenters. The zero-order valence-electron chi connectivity index (χ0n) is 22.6. The van der Waals surface area contributed by atoms with Crippen molar-refractivity contribution in [3.05, 3.63) is 70.3 Å². The Hall–Kier alpha value is -3.54. The van der Waals surface area contributed by atoms with Gasteiger partial charge in [0.05, 0.1) is 22.8 Å². The molecule has 5 heterocycles. The third-order valence-electron chi connectivity index (χ3n) is 7.25. The number of carboxylic acids is 2. The molecule has 2 aliphatic heterocycles. The van der Waals surface area contributed by atoms with E-state index in [1.54, 1.807) is 0 Å². The summed E-state index contributed by atoms with van der Waals surface area (Å²) in [5.41, 5.74) is 12.4. The van der Waals surface area contributed by atoms with Crippen molar-refractivity contribution in [1.29, 1.82) is 0 Å². The van der Waals surface area contributed by atoms with Crippen LogP contribution in [0.25, 0.3) is 44.4 Å². The molecule has 3 aromatic rings. The average Bonchev–Trinajstić information content (AvgIpc) is 3.53. The number of H-pyrrole nitrogens is 2. The van der Waals surface area contributed by atoms with Crippen LogP contribution in [0.15, 0.2) is 36.4 Å². The smallest absolute Gasteiger partial charge is 0.303 e. The summed E-state index contributed by atoms with van der Waals surface area (Å²) in [5, 5.41) is 18.7. The minimum atomic E-state index is -0.873. The maximum atomic E-state index is 11.4. The van der Waals surface area contributed by atoms with E-state index in [1.165, 1.54) is 0 Å². The molecule has 8 nitrogen and oxygen atoms in total. The molecule has 0 saturated carbocycles. The number of hydrogen-bond donors (Lipinski definition) is 4. The van der Waals surface area contributed by atoms with Gasteiger partial charge in [0.15, 0.2) is 0 Å². The van der Waals surface area contributed by atoms with Crippen molar-refractivity contribution in [2.45, 2.75) is 53.4 Å². The number of nitrogens with one attached hydrogen (secondary N) is 2. The third kappa shape index (κ3) is 5.90. The number of carbonyl (C=O) groups is 2. The normalized spacial score (nSPS) is 13.0. The van der Waals surface area contributed by atoms with Crippen LogP contribution in [0.5, 0.6) is 0 Å². The summed E-state index contributed by atoms with van der Waals surface area (Å²) in [6.07, 6.45) is 0.647. The van der Waals surface area contributed by atoms with Gasteiger partial charge < -0.3 is 20.2 Å². The van der Waals surface area contributed by atoms with Gasteiger partial charge in [-0.3, -0.25) is 9.59 Å². The van der Waals surface area contributed by atoms with E-state index in [0.29, 0.717) is 24.2 Å². The predicted octanol–water partition coefficient (Wildman–Crippen LogP) is 6.52. The largest absolute Gasteiger partial charge is 0.481 e. The molecule has 0 fully saturated rings. The Morgan fingerprint density at radius 3 is 1.56 bits per heavy atom. The van der Waals surface area contributed by atoms with Crippen LogP contribution in [0.2, 0.25) is 0 Å². The predicted molar refractivity (Wildman–Crippen MR) is 149 cm³/mol. The van der Waals surface area contributed by atoms with E-state index in [2.05, 4.69) is 35.1 Å². The summed E-state index contributed by atoms with van der Waals surface area (Å²) in [4.78, 5) is 39.6. The number of aromatic nitrogens is 4. The van der Waals surface area contributed by atoms with Gasteiger partial charge in [0.25, 0.3) is 0 Å². The number of nitrogens with zero attached hydrogens (tertiary/aromatic N) is 2. The maximum Gasteiger partial charge on any atom is 0.303 e. The molecular formula is C30H30CdN4O4. The maximum absolute atomic E-state index is 11.4. The second-order valence-corrected chi connectivity index (χ2v) is 9.98. The van der Waals surface area contributed by atoms with Crippen LogP contribution in [-0.2, 0) is 36.9 Å². The average molecular weight is 623 g/mol. The molecule has 0 aliphatic carbocycles. The van der Waals surface area contributed by atoms with E-state index in [0.717, 1.165) is 66.9 Å². The first-order valence-electron chi connectivity index (χ1n) is 12.6. The Labute approximate surface area is 246 Å². The van der Waals surface area contributed by atoms with Crippen LogP contribution in [0.4, 0.5) is 0 Å². The Balaban J connectivity index is 0.00000353. The van der Waals surface area contributed by atoms with E-state index < -0.39 is 11.9 Å². The van der Waals surface area contributed by atoms with E-state index >= 15 is 0 Å². The molecule has 0 amide bonds. The van der Waals surface area contributed by atoms with Crippen LogP contribution in [0.1, 0.15) is 73.4 Å². The van der Waals surface area contributed by atoms with Gasteiger partial charge >= 0.3 is 11.9 Å². The summed E-state index contributed by atoms with van der Waals surface area (Å²) in [5.74, 6) is -1.75. The van der Waals surface area contributed by atoms with Crippen molar-refractivity contribution in [3.8, 4) is 0 Å². The topological polar surface area (TPSA) is 132 Å². The molecule has 2 aliphatic rings. The first kappa shape index (κ1) is 28.5. The number of fused-ring (bicyclic) bond motifs is 8. The fourth-order valence-electron chi connectivity index (χ4n) is 5.10. The Kier molecular flexibility index (Phi) is 8.24. The van der Waals surface area contributed by atoms with E-state index in [4.69, 9.17) is 9.97 Å². The van der Waals surface area contributed by atoms with E-state index in [-0.39, 0.29) is 40.1 Å². The molecule has 196 valence electrons. The molecule has 0 spiro atoms. The van der Waals surface area contributed by atoms with Gasteiger partial charge in [0.2, 0.25) is 0 Å². The second kappa shape index (κ2) is 11.3. The molecular weight excluding hydrogens is 593 g/mol. The number of aliphatic carboxylic acids is 2. The van der Waals surface area contributed by atoms with Crippen molar-refractivity contribution in [1.82, 2.24) is 19.9 Å². The molecule has 0 saturated heterocycles. The fourth-order valence-corrected chi connectivity index (χ4v) is 5.10. The van der Waals surface area contributed by atoms with Crippen molar-refractivity contribution in [2.24, 2.45) is 0 Å². The molecule has 8 bridgehead atoms. The fraction of sp³-hybridized carbons (Fsp3) is 0.267. The quantitative estimate of drug-likeness (QED) is 0.232. The Bertz CT molecular complexity index is 1730. The van der Waals surface area contributed by atoms with Crippen molar-refractivity contribution >= 4 is 56.3 Å². The monoisotopic (exact) mass is 624 g/mol. The van der Waals surface area contributed by atoms with Crippen molar-refractivity contribution in [2.75, 3.05) is 0 Å². The van der Waals surface area contributed by atoms with Crippen LogP contribution in [-0.4, -0.2) is 42.1 Å². The van der Waals surface area contributed by atoms with Gasteiger partial charge in [-0.1, -0.05) is 0 Å². The zero-order valence-corrected chi connectivity index (χ0v) is 26.6. The Morgan fingerprint density at radius 2 is 1.08 bits per heavy atom. The molecule has 5 rings (SSSR count). The molecule has 9 heteroatoms. The molecule has 39 heavy (non-hydrogen) atoms. The van der Waals surface area contributed by atoms with Gasteiger partial charge in [0, 0.05) is 62.2 Å². The van der Waals surface area contributed by atoms with Gasteiger partial charge in [0.1, 0.15) is 0 Å². The summed E-state index contributed by atoms with van der Waals surface area (Å²) in [7, 11) is 0. The summed E-state index contributed by atoms with van der Waals surface area (Å²) < 4.78 is 0. The number of rotatable bonds is 6. The molecule has 0 atom stereocenters. The van der Waals surface area contributed by atoms with Crippen LogP contribution in [0.3, 0.4) is 0 Å². The molecule has 0 radical (unpaired) electrons. The first-order chi connectivity index (χ1) is 18.1. The summed E-state index contributed by atoms with van der Waals surface area (Å²) in [6, 6.07) is 12.1. The SMILES string of the molecule is CC1=C(CCC(=O)O)c2cc3nc(cc4[nH]c(cc4C)cc4[nH]c(cc1n2)cc4C)C(C)=C3CCC(=O)O.[Cd]. The Morgan fingerprint density at radius 1 is 0.641 bits per heavy atom.